The lowest BCUT2D eigenvalue weighted by atomic mass is 10.1. The molecule has 0 aliphatic heterocycles. The molecule has 3 nitrogen and oxygen atoms in total. The predicted octanol–water partition coefficient (Wildman–Crippen LogP) is 2.52. The summed E-state index contributed by atoms with van der Waals surface area (Å²) in [6, 6.07) is 5.39. The number of hydrogen-bond acceptors (Lipinski definition) is 2. The van der Waals surface area contributed by atoms with Crippen LogP contribution in [0.15, 0.2) is 18.2 Å². The van der Waals surface area contributed by atoms with E-state index in [1.54, 1.807) is 16.8 Å². The van der Waals surface area contributed by atoms with Gasteiger partial charge in [-0.15, -0.1) is 0 Å². The second kappa shape index (κ2) is 3.42. The van der Waals surface area contributed by atoms with Gasteiger partial charge in [-0.2, -0.15) is 5.10 Å². The minimum atomic E-state index is 0.533. The van der Waals surface area contributed by atoms with Crippen molar-refractivity contribution in [3.63, 3.8) is 0 Å². The summed E-state index contributed by atoms with van der Waals surface area (Å²) in [5, 5.41) is 5.54. The summed E-state index contributed by atoms with van der Waals surface area (Å²) in [5.41, 5.74) is 1.36. The summed E-state index contributed by atoms with van der Waals surface area (Å²) in [6.45, 7) is 2.66. The number of nitrogens with zero attached hydrogens (tertiary/aromatic N) is 2. The molecule has 2 rings (SSSR count). The third kappa shape index (κ3) is 1.21. The molecule has 0 unspecified atom stereocenters. The van der Waals surface area contributed by atoms with Gasteiger partial charge in [0.25, 0.3) is 0 Å². The molecular formula is C10H9ClN2O. The maximum Gasteiger partial charge on any atom is 0.150 e. The average Bonchev–Trinajstić information content (AvgIpc) is 2.55. The van der Waals surface area contributed by atoms with Gasteiger partial charge in [-0.05, 0) is 13.0 Å². The molecule has 0 aliphatic rings. The van der Waals surface area contributed by atoms with Crippen molar-refractivity contribution < 1.29 is 4.79 Å². The first kappa shape index (κ1) is 9.21. The van der Waals surface area contributed by atoms with Gasteiger partial charge in [0.2, 0.25) is 0 Å². The third-order valence-electron chi connectivity index (χ3n) is 2.16. The lowest BCUT2D eigenvalue weighted by molar-refractivity contribution is 0.112. The summed E-state index contributed by atoms with van der Waals surface area (Å²) in [4.78, 5) is 10.8. The minimum absolute atomic E-state index is 0.533. The van der Waals surface area contributed by atoms with E-state index in [2.05, 4.69) is 5.10 Å². The molecule has 1 aromatic carbocycles. The van der Waals surface area contributed by atoms with E-state index >= 15 is 0 Å². The van der Waals surface area contributed by atoms with Crippen molar-refractivity contribution in [1.82, 2.24) is 9.78 Å². The average molecular weight is 209 g/mol. The molecule has 0 spiro atoms. The number of hydrogen-bond donors (Lipinski definition) is 0. The number of carbonyl (C=O) groups excluding carboxylic acids is 1. The van der Waals surface area contributed by atoms with Crippen LogP contribution in [0.3, 0.4) is 0 Å². The number of halogens is 1. The quantitative estimate of drug-likeness (QED) is 0.711. The maximum absolute atomic E-state index is 10.8. The SMILES string of the molecule is CCn1nc2cccc(C=O)c2c1Cl. The molecule has 14 heavy (non-hydrogen) atoms. The Hall–Kier alpha value is -1.35. The molecule has 2 aromatic rings. The third-order valence-corrected chi connectivity index (χ3v) is 2.55. The highest BCUT2D eigenvalue weighted by molar-refractivity contribution is 6.35. The van der Waals surface area contributed by atoms with Gasteiger partial charge in [0.05, 0.1) is 5.52 Å². The molecule has 0 aliphatic carbocycles. The van der Waals surface area contributed by atoms with Crippen LogP contribution in [0, 0.1) is 0 Å². The first-order chi connectivity index (χ1) is 6.77. The first-order valence-corrected chi connectivity index (χ1v) is 4.76. The second-order valence-electron chi connectivity index (χ2n) is 2.97. The van der Waals surface area contributed by atoms with Crippen LogP contribution >= 0.6 is 11.6 Å². The molecule has 0 saturated heterocycles. The second-order valence-corrected chi connectivity index (χ2v) is 3.32. The van der Waals surface area contributed by atoms with Gasteiger partial charge in [0, 0.05) is 17.5 Å². The van der Waals surface area contributed by atoms with Gasteiger partial charge in [0.1, 0.15) is 5.15 Å². The van der Waals surface area contributed by atoms with Crippen LogP contribution in [-0.4, -0.2) is 16.1 Å². The van der Waals surface area contributed by atoms with E-state index in [1.165, 1.54) is 0 Å². The Morgan fingerprint density at radius 2 is 2.36 bits per heavy atom. The van der Waals surface area contributed by atoms with Crippen molar-refractivity contribution in [3.8, 4) is 0 Å². The van der Waals surface area contributed by atoms with Crippen molar-refractivity contribution in [3.05, 3.63) is 28.9 Å². The first-order valence-electron chi connectivity index (χ1n) is 4.38. The largest absolute Gasteiger partial charge is 0.298 e. The number of aldehydes is 1. The van der Waals surface area contributed by atoms with E-state index in [-0.39, 0.29) is 0 Å². The van der Waals surface area contributed by atoms with Crippen LogP contribution in [0.25, 0.3) is 10.9 Å². The number of aromatic nitrogens is 2. The minimum Gasteiger partial charge on any atom is -0.298 e. The number of benzene rings is 1. The van der Waals surface area contributed by atoms with Gasteiger partial charge < -0.3 is 0 Å². The molecule has 4 heteroatoms. The van der Waals surface area contributed by atoms with Gasteiger partial charge in [-0.1, -0.05) is 23.7 Å². The highest BCUT2D eigenvalue weighted by atomic mass is 35.5. The molecule has 0 atom stereocenters. The van der Waals surface area contributed by atoms with Crippen LogP contribution < -0.4 is 0 Å². The fraction of sp³-hybridized carbons (Fsp3) is 0.200. The van der Waals surface area contributed by atoms with Crippen molar-refractivity contribution in [2.75, 3.05) is 0 Å². The molecule has 0 amide bonds. The highest BCUT2D eigenvalue weighted by Crippen LogP contribution is 2.25. The monoisotopic (exact) mass is 208 g/mol. The fourth-order valence-electron chi connectivity index (χ4n) is 1.48. The Labute approximate surface area is 86.3 Å². The van der Waals surface area contributed by atoms with E-state index in [1.807, 2.05) is 13.0 Å². The molecular weight excluding hydrogens is 200 g/mol. The van der Waals surface area contributed by atoms with Gasteiger partial charge in [-0.3, -0.25) is 9.48 Å². The molecule has 1 aromatic heterocycles. The standard InChI is InChI=1S/C10H9ClN2O/c1-2-13-10(11)9-7(6-14)4-3-5-8(9)12-13/h3-6H,2H2,1H3. The number of rotatable bonds is 2. The van der Waals surface area contributed by atoms with Gasteiger partial charge >= 0.3 is 0 Å². The van der Waals surface area contributed by atoms with E-state index < -0.39 is 0 Å². The van der Waals surface area contributed by atoms with Crippen LogP contribution in [0.4, 0.5) is 0 Å². The summed E-state index contributed by atoms with van der Waals surface area (Å²) in [5.74, 6) is 0. The van der Waals surface area contributed by atoms with Gasteiger partial charge in [-0.25, -0.2) is 0 Å². The Bertz CT molecular complexity index is 490. The molecule has 72 valence electrons. The molecule has 1 heterocycles. The zero-order valence-corrected chi connectivity index (χ0v) is 8.45. The molecule has 0 radical (unpaired) electrons. The lowest BCUT2D eigenvalue weighted by Crippen LogP contribution is -1.95. The maximum atomic E-state index is 10.8. The van der Waals surface area contributed by atoms with Crippen LogP contribution in [-0.2, 0) is 6.54 Å². The predicted molar refractivity (Wildman–Crippen MR) is 55.8 cm³/mol. The van der Waals surface area contributed by atoms with Crippen molar-refractivity contribution in [2.45, 2.75) is 13.5 Å². The lowest BCUT2D eigenvalue weighted by Gasteiger charge is -1.95. The van der Waals surface area contributed by atoms with E-state index in [9.17, 15) is 4.79 Å². The fourth-order valence-corrected chi connectivity index (χ4v) is 1.84. The Morgan fingerprint density at radius 1 is 1.57 bits per heavy atom. The van der Waals surface area contributed by atoms with Gasteiger partial charge in [0.15, 0.2) is 6.29 Å². The number of fused-ring (bicyclic) bond motifs is 1. The highest BCUT2D eigenvalue weighted by Gasteiger charge is 2.10. The zero-order chi connectivity index (χ0) is 10.1. The summed E-state index contributed by atoms with van der Waals surface area (Å²) < 4.78 is 1.68. The van der Waals surface area contributed by atoms with E-state index in [4.69, 9.17) is 11.6 Å². The summed E-state index contributed by atoms with van der Waals surface area (Å²) in [7, 11) is 0. The van der Waals surface area contributed by atoms with Crippen molar-refractivity contribution in [1.29, 1.82) is 0 Å². The summed E-state index contributed by atoms with van der Waals surface area (Å²) in [6.07, 6.45) is 0.801. The smallest absolute Gasteiger partial charge is 0.150 e. The molecule has 0 fully saturated rings. The number of carbonyl (C=O) groups is 1. The van der Waals surface area contributed by atoms with Crippen molar-refractivity contribution >= 4 is 28.8 Å². The van der Waals surface area contributed by atoms with Crippen LogP contribution in [0.5, 0.6) is 0 Å². The summed E-state index contributed by atoms with van der Waals surface area (Å²) >= 11 is 6.08. The normalized spacial score (nSPS) is 10.7. The molecule has 0 bridgehead atoms. The number of aryl methyl sites for hydroxylation is 1. The topological polar surface area (TPSA) is 34.9 Å². The van der Waals surface area contributed by atoms with Crippen molar-refractivity contribution in [2.24, 2.45) is 0 Å². The molecule has 0 saturated carbocycles. The van der Waals surface area contributed by atoms with E-state index in [0.717, 1.165) is 17.2 Å². The van der Waals surface area contributed by atoms with Crippen LogP contribution in [0.2, 0.25) is 5.15 Å². The Morgan fingerprint density at radius 3 is 3.00 bits per heavy atom. The Balaban J connectivity index is 2.85. The molecule has 0 N–H and O–H groups in total. The Kier molecular flexibility index (Phi) is 2.25. The van der Waals surface area contributed by atoms with E-state index in [0.29, 0.717) is 17.3 Å². The van der Waals surface area contributed by atoms with Crippen LogP contribution in [0.1, 0.15) is 17.3 Å². The zero-order valence-electron chi connectivity index (χ0n) is 7.70.